The molecule has 2 aromatic rings. The third-order valence-electron chi connectivity index (χ3n) is 3.94. The Hall–Kier alpha value is -3.36. The molecule has 0 aromatic heterocycles. The van der Waals surface area contributed by atoms with Crippen LogP contribution in [-0.4, -0.2) is 36.2 Å². The van der Waals surface area contributed by atoms with E-state index in [1.165, 1.54) is 26.1 Å². The third kappa shape index (κ3) is 6.63. The predicted octanol–water partition coefficient (Wildman–Crippen LogP) is 3.30. The number of alkyl halides is 3. The molecular formula is C20H20F3N3O3. The van der Waals surface area contributed by atoms with E-state index in [4.69, 9.17) is 0 Å². The first-order valence-corrected chi connectivity index (χ1v) is 8.63. The Morgan fingerprint density at radius 2 is 1.59 bits per heavy atom. The Labute approximate surface area is 165 Å². The van der Waals surface area contributed by atoms with Gasteiger partial charge in [0.2, 0.25) is 17.7 Å². The topological polar surface area (TPSA) is 78.5 Å². The van der Waals surface area contributed by atoms with Crippen molar-refractivity contribution in [2.45, 2.75) is 19.5 Å². The van der Waals surface area contributed by atoms with Gasteiger partial charge in [-0.05, 0) is 29.8 Å². The van der Waals surface area contributed by atoms with Crippen molar-refractivity contribution in [3.05, 3.63) is 59.7 Å². The van der Waals surface area contributed by atoms with E-state index >= 15 is 0 Å². The number of benzene rings is 2. The summed E-state index contributed by atoms with van der Waals surface area (Å²) in [6, 6.07) is 11.2. The molecule has 6 nitrogen and oxygen atoms in total. The van der Waals surface area contributed by atoms with Crippen LogP contribution < -0.4 is 10.6 Å². The number of nitrogens with zero attached hydrogens (tertiary/aromatic N) is 1. The van der Waals surface area contributed by atoms with Gasteiger partial charge >= 0.3 is 6.18 Å². The fourth-order valence-corrected chi connectivity index (χ4v) is 2.55. The van der Waals surface area contributed by atoms with E-state index in [1.54, 1.807) is 24.3 Å². The molecule has 0 atom stereocenters. The minimum Gasteiger partial charge on any atom is -0.336 e. The molecular weight excluding hydrogens is 387 g/mol. The van der Waals surface area contributed by atoms with Crippen molar-refractivity contribution < 1.29 is 27.6 Å². The van der Waals surface area contributed by atoms with Crippen molar-refractivity contribution in [3.8, 4) is 0 Å². The van der Waals surface area contributed by atoms with Crippen molar-refractivity contribution in [2.75, 3.05) is 24.2 Å². The van der Waals surface area contributed by atoms with E-state index < -0.39 is 24.2 Å². The Balaban J connectivity index is 1.94. The zero-order valence-corrected chi connectivity index (χ0v) is 15.8. The molecule has 0 aliphatic heterocycles. The van der Waals surface area contributed by atoms with Gasteiger partial charge in [0.05, 0.1) is 24.2 Å². The standard InChI is InChI=1S/C20H20F3N3O3/c1-13(27)24-15-9-7-14(8-10-15)11-19(29)26(2)12-18(28)25-17-6-4-3-5-16(17)20(21,22)23/h3-10H,11-12H2,1-2H3,(H,24,27)(H,25,28). The molecule has 154 valence electrons. The molecule has 0 spiro atoms. The van der Waals surface area contributed by atoms with Crippen LogP contribution in [0.4, 0.5) is 24.5 Å². The second-order valence-electron chi connectivity index (χ2n) is 6.40. The van der Waals surface area contributed by atoms with Crippen LogP contribution in [0.3, 0.4) is 0 Å². The Bertz CT molecular complexity index is 896. The molecule has 0 aliphatic rings. The van der Waals surface area contributed by atoms with Crippen LogP contribution in [0.25, 0.3) is 0 Å². The molecule has 0 unspecified atom stereocenters. The van der Waals surface area contributed by atoms with Gasteiger partial charge in [-0.3, -0.25) is 14.4 Å². The summed E-state index contributed by atoms with van der Waals surface area (Å²) in [5.41, 5.74) is -0.0652. The monoisotopic (exact) mass is 407 g/mol. The number of amides is 3. The summed E-state index contributed by atoms with van der Waals surface area (Å²) in [4.78, 5) is 36.5. The minimum atomic E-state index is -4.60. The Morgan fingerprint density at radius 1 is 0.966 bits per heavy atom. The van der Waals surface area contributed by atoms with E-state index in [0.29, 0.717) is 11.3 Å². The molecule has 2 rings (SSSR count). The molecule has 0 fully saturated rings. The maximum Gasteiger partial charge on any atom is 0.418 e. The fourth-order valence-electron chi connectivity index (χ4n) is 2.55. The van der Waals surface area contributed by atoms with Gasteiger partial charge in [-0.25, -0.2) is 0 Å². The zero-order valence-electron chi connectivity index (χ0n) is 15.8. The summed E-state index contributed by atoms with van der Waals surface area (Å²) in [7, 11) is 1.39. The van der Waals surface area contributed by atoms with E-state index in [0.717, 1.165) is 17.0 Å². The second-order valence-corrected chi connectivity index (χ2v) is 6.40. The lowest BCUT2D eigenvalue weighted by Gasteiger charge is -2.18. The molecule has 0 radical (unpaired) electrons. The number of likely N-dealkylation sites (N-methyl/N-ethyl adjacent to an activating group) is 1. The first-order chi connectivity index (χ1) is 13.6. The summed E-state index contributed by atoms with van der Waals surface area (Å²) in [6.07, 6.45) is -4.60. The Kier molecular flexibility index (Phi) is 6.98. The van der Waals surface area contributed by atoms with Crippen LogP contribution in [0.15, 0.2) is 48.5 Å². The third-order valence-corrected chi connectivity index (χ3v) is 3.94. The maximum absolute atomic E-state index is 13.0. The largest absolute Gasteiger partial charge is 0.418 e. The molecule has 0 saturated carbocycles. The van der Waals surface area contributed by atoms with Crippen molar-refractivity contribution >= 4 is 29.1 Å². The first kappa shape index (κ1) is 21.9. The van der Waals surface area contributed by atoms with Gasteiger partial charge in [-0.1, -0.05) is 24.3 Å². The van der Waals surface area contributed by atoms with Crippen molar-refractivity contribution in [1.82, 2.24) is 4.90 Å². The highest BCUT2D eigenvalue weighted by Crippen LogP contribution is 2.34. The number of rotatable bonds is 6. The molecule has 9 heteroatoms. The highest BCUT2D eigenvalue weighted by Gasteiger charge is 2.33. The van der Waals surface area contributed by atoms with Gasteiger partial charge in [-0.2, -0.15) is 13.2 Å². The smallest absolute Gasteiger partial charge is 0.336 e. The van der Waals surface area contributed by atoms with Crippen molar-refractivity contribution in [2.24, 2.45) is 0 Å². The molecule has 2 N–H and O–H groups in total. The SMILES string of the molecule is CC(=O)Nc1ccc(CC(=O)N(C)CC(=O)Nc2ccccc2C(F)(F)F)cc1. The number of carbonyl (C=O) groups excluding carboxylic acids is 3. The number of hydrogen-bond donors (Lipinski definition) is 2. The van der Waals surface area contributed by atoms with Gasteiger partial charge < -0.3 is 15.5 Å². The van der Waals surface area contributed by atoms with Crippen molar-refractivity contribution in [1.29, 1.82) is 0 Å². The zero-order chi connectivity index (χ0) is 21.6. The average Bonchev–Trinajstić information content (AvgIpc) is 2.62. The number of nitrogens with one attached hydrogen (secondary N) is 2. The number of anilines is 2. The highest BCUT2D eigenvalue weighted by molar-refractivity contribution is 5.95. The van der Waals surface area contributed by atoms with Gasteiger partial charge in [0, 0.05) is 19.7 Å². The summed E-state index contributed by atoms with van der Waals surface area (Å²) in [5.74, 6) is -1.33. The molecule has 0 bridgehead atoms. The van der Waals surface area contributed by atoms with E-state index in [9.17, 15) is 27.6 Å². The summed E-state index contributed by atoms with van der Waals surface area (Å²) < 4.78 is 39.0. The second kappa shape index (κ2) is 9.22. The lowest BCUT2D eigenvalue weighted by Crippen LogP contribution is -2.36. The van der Waals surface area contributed by atoms with Gasteiger partial charge in [-0.15, -0.1) is 0 Å². The van der Waals surface area contributed by atoms with E-state index in [2.05, 4.69) is 10.6 Å². The van der Waals surface area contributed by atoms with Gasteiger partial charge in [0.15, 0.2) is 0 Å². The number of hydrogen-bond acceptors (Lipinski definition) is 3. The summed E-state index contributed by atoms with van der Waals surface area (Å²) >= 11 is 0. The number of carbonyl (C=O) groups is 3. The van der Waals surface area contributed by atoms with Crippen LogP contribution in [-0.2, 0) is 27.0 Å². The minimum absolute atomic E-state index is 0.00324. The van der Waals surface area contributed by atoms with Crippen LogP contribution in [0, 0.1) is 0 Å². The molecule has 2 aromatic carbocycles. The van der Waals surface area contributed by atoms with Crippen LogP contribution in [0.1, 0.15) is 18.1 Å². The van der Waals surface area contributed by atoms with Crippen molar-refractivity contribution in [3.63, 3.8) is 0 Å². The maximum atomic E-state index is 13.0. The number of para-hydroxylation sites is 1. The highest BCUT2D eigenvalue weighted by atomic mass is 19.4. The molecule has 29 heavy (non-hydrogen) atoms. The normalized spacial score (nSPS) is 10.9. The van der Waals surface area contributed by atoms with Gasteiger partial charge in [0.1, 0.15) is 0 Å². The number of halogens is 3. The molecule has 0 heterocycles. The van der Waals surface area contributed by atoms with Crippen LogP contribution in [0.2, 0.25) is 0 Å². The predicted molar refractivity (Wildman–Crippen MR) is 102 cm³/mol. The van der Waals surface area contributed by atoms with Gasteiger partial charge in [0.25, 0.3) is 0 Å². The summed E-state index contributed by atoms with van der Waals surface area (Å²) in [5, 5.41) is 4.80. The summed E-state index contributed by atoms with van der Waals surface area (Å²) in [6.45, 7) is 0.986. The van der Waals surface area contributed by atoms with Crippen LogP contribution >= 0.6 is 0 Å². The van der Waals surface area contributed by atoms with E-state index in [-0.39, 0.29) is 23.9 Å². The lowest BCUT2D eigenvalue weighted by molar-refractivity contribution is -0.137. The fraction of sp³-hybridized carbons (Fsp3) is 0.250. The quantitative estimate of drug-likeness (QED) is 0.771. The molecule has 0 aliphatic carbocycles. The Morgan fingerprint density at radius 3 is 2.17 bits per heavy atom. The van der Waals surface area contributed by atoms with E-state index in [1.807, 2.05) is 0 Å². The lowest BCUT2D eigenvalue weighted by atomic mass is 10.1. The molecule has 0 saturated heterocycles. The molecule has 3 amide bonds. The van der Waals surface area contributed by atoms with Crippen LogP contribution in [0.5, 0.6) is 0 Å². The first-order valence-electron chi connectivity index (χ1n) is 8.63. The average molecular weight is 407 g/mol.